The van der Waals surface area contributed by atoms with Crippen molar-refractivity contribution in [1.29, 1.82) is 0 Å². The maximum absolute atomic E-state index is 11.7. The normalized spacial score (nSPS) is 10.3. The van der Waals surface area contributed by atoms with Crippen LogP contribution < -0.4 is 10.6 Å². The second-order valence-electron chi connectivity index (χ2n) is 4.18. The minimum Gasteiger partial charge on any atom is -0.465 e. The molecule has 0 heterocycles. The fourth-order valence-electron chi connectivity index (χ4n) is 1.63. The molecule has 0 aliphatic rings. The number of benzene rings is 1. The van der Waals surface area contributed by atoms with Crippen LogP contribution in [0, 0.1) is 6.92 Å². The summed E-state index contributed by atoms with van der Waals surface area (Å²) in [4.78, 5) is 11.7. The topological polar surface area (TPSA) is 59.6 Å². The standard InChI is InChI=1S/C14H22N2O3/c1-11-4-5-13(12(10-11)14(17)18-3)16-7-9-19-8-6-15-2/h4-5,10,15-16H,6-9H2,1-3H3. The van der Waals surface area contributed by atoms with Crippen molar-refractivity contribution in [2.24, 2.45) is 0 Å². The lowest BCUT2D eigenvalue weighted by atomic mass is 10.1. The number of aryl methyl sites for hydroxylation is 1. The average Bonchev–Trinajstić information content (AvgIpc) is 2.43. The molecule has 0 saturated heterocycles. The van der Waals surface area contributed by atoms with Crippen molar-refractivity contribution >= 4 is 11.7 Å². The highest BCUT2D eigenvalue weighted by Gasteiger charge is 2.11. The molecule has 0 atom stereocenters. The zero-order valence-electron chi connectivity index (χ0n) is 11.8. The Labute approximate surface area is 114 Å². The van der Waals surface area contributed by atoms with Crippen molar-refractivity contribution in [2.75, 3.05) is 45.8 Å². The number of carbonyl (C=O) groups is 1. The summed E-state index contributed by atoms with van der Waals surface area (Å²) in [6.45, 7) is 4.69. The summed E-state index contributed by atoms with van der Waals surface area (Å²) in [7, 11) is 3.27. The predicted octanol–water partition coefficient (Wildman–Crippen LogP) is 1.43. The molecule has 1 aromatic carbocycles. The highest BCUT2D eigenvalue weighted by molar-refractivity contribution is 5.95. The van der Waals surface area contributed by atoms with E-state index in [0.717, 1.165) is 17.8 Å². The first kappa shape index (κ1) is 15.5. The maximum atomic E-state index is 11.7. The minimum absolute atomic E-state index is 0.331. The summed E-state index contributed by atoms with van der Waals surface area (Å²) in [5.74, 6) is -0.331. The Hall–Kier alpha value is -1.59. The zero-order chi connectivity index (χ0) is 14.1. The number of hydrogen-bond acceptors (Lipinski definition) is 5. The van der Waals surface area contributed by atoms with E-state index < -0.39 is 0 Å². The Kier molecular flexibility index (Phi) is 6.92. The highest BCUT2D eigenvalue weighted by Crippen LogP contribution is 2.18. The van der Waals surface area contributed by atoms with Crippen LogP contribution in [0.5, 0.6) is 0 Å². The number of anilines is 1. The van der Waals surface area contributed by atoms with Crippen molar-refractivity contribution in [3.63, 3.8) is 0 Å². The van der Waals surface area contributed by atoms with Crippen LogP contribution in [0.4, 0.5) is 5.69 Å². The zero-order valence-corrected chi connectivity index (χ0v) is 11.8. The Morgan fingerprint density at radius 2 is 2.00 bits per heavy atom. The number of hydrogen-bond donors (Lipinski definition) is 2. The van der Waals surface area contributed by atoms with Gasteiger partial charge in [-0.05, 0) is 26.1 Å². The Morgan fingerprint density at radius 1 is 1.26 bits per heavy atom. The SMILES string of the molecule is CNCCOCCNc1ccc(C)cc1C(=O)OC. The molecular weight excluding hydrogens is 244 g/mol. The van der Waals surface area contributed by atoms with Crippen LogP contribution >= 0.6 is 0 Å². The molecule has 1 rings (SSSR count). The van der Waals surface area contributed by atoms with Crippen LogP contribution in [0.2, 0.25) is 0 Å². The first-order chi connectivity index (χ1) is 9.19. The second-order valence-corrected chi connectivity index (χ2v) is 4.18. The molecule has 0 saturated carbocycles. The van der Waals surface area contributed by atoms with Crippen LogP contribution in [0.25, 0.3) is 0 Å². The third-order valence-electron chi connectivity index (χ3n) is 2.64. The first-order valence-corrected chi connectivity index (χ1v) is 6.34. The minimum atomic E-state index is -0.331. The fourth-order valence-corrected chi connectivity index (χ4v) is 1.63. The van der Waals surface area contributed by atoms with E-state index in [9.17, 15) is 4.79 Å². The van der Waals surface area contributed by atoms with Crippen molar-refractivity contribution in [1.82, 2.24) is 5.32 Å². The molecule has 0 radical (unpaired) electrons. The van der Waals surface area contributed by atoms with Gasteiger partial charge in [0.1, 0.15) is 0 Å². The Morgan fingerprint density at radius 3 is 2.68 bits per heavy atom. The number of carbonyl (C=O) groups excluding carboxylic acids is 1. The van der Waals surface area contributed by atoms with E-state index >= 15 is 0 Å². The van der Waals surface area contributed by atoms with E-state index in [1.54, 1.807) is 0 Å². The third-order valence-corrected chi connectivity index (χ3v) is 2.64. The average molecular weight is 266 g/mol. The van der Waals surface area contributed by atoms with Crippen LogP contribution in [0.15, 0.2) is 18.2 Å². The van der Waals surface area contributed by atoms with E-state index in [4.69, 9.17) is 9.47 Å². The monoisotopic (exact) mass is 266 g/mol. The summed E-state index contributed by atoms with van der Waals surface area (Å²) in [6, 6.07) is 5.65. The van der Waals surface area contributed by atoms with Gasteiger partial charge in [0.05, 0.1) is 25.9 Å². The molecule has 2 N–H and O–H groups in total. The van der Waals surface area contributed by atoms with Gasteiger partial charge in [0, 0.05) is 18.8 Å². The van der Waals surface area contributed by atoms with Crippen molar-refractivity contribution < 1.29 is 14.3 Å². The summed E-state index contributed by atoms with van der Waals surface area (Å²) in [5, 5.41) is 6.19. The molecule has 0 aliphatic carbocycles. The molecule has 1 aromatic rings. The number of ether oxygens (including phenoxy) is 2. The molecule has 5 nitrogen and oxygen atoms in total. The first-order valence-electron chi connectivity index (χ1n) is 6.34. The van der Waals surface area contributed by atoms with Crippen LogP contribution in [0.1, 0.15) is 15.9 Å². The van der Waals surface area contributed by atoms with Crippen LogP contribution in [0.3, 0.4) is 0 Å². The molecule has 0 aromatic heterocycles. The van der Waals surface area contributed by atoms with Gasteiger partial charge in [-0.25, -0.2) is 4.79 Å². The molecule has 106 valence electrons. The van der Waals surface area contributed by atoms with E-state index in [1.165, 1.54) is 7.11 Å². The second kappa shape index (κ2) is 8.50. The van der Waals surface area contributed by atoms with E-state index in [1.807, 2.05) is 32.2 Å². The van der Waals surface area contributed by atoms with Crippen molar-refractivity contribution in [3.8, 4) is 0 Å². The van der Waals surface area contributed by atoms with E-state index in [2.05, 4.69) is 10.6 Å². The fraction of sp³-hybridized carbons (Fsp3) is 0.500. The van der Waals surface area contributed by atoms with Gasteiger partial charge in [0.2, 0.25) is 0 Å². The maximum Gasteiger partial charge on any atom is 0.339 e. The molecule has 0 aliphatic heterocycles. The number of methoxy groups -OCH3 is 1. The lowest BCUT2D eigenvalue weighted by Gasteiger charge is -2.11. The number of nitrogens with one attached hydrogen (secondary N) is 2. The largest absolute Gasteiger partial charge is 0.465 e. The van der Waals surface area contributed by atoms with Gasteiger partial charge in [0.25, 0.3) is 0 Å². The van der Waals surface area contributed by atoms with Gasteiger partial charge < -0.3 is 20.1 Å². The molecule has 0 unspecified atom stereocenters. The molecule has 0 fully saturated rings. The molecule has 0 spiro atoms. The highest BCUT2D eigenvalue weighted by atomic mass is 16.5. The quantitative estimate of drug-likeness (QED) is 0.550. The molecule has 19 heavy (non-hydrogen) atoms. The third kappa shape index (κ3) is 5.28. The molecule has 5 heteroatoms. The Bertz CT molecular complexity index is 408. The van der Waals surface area contributed by atoms with Crippen LogP contribution in [-0.2, 0) is 9.47 Å². The lowest BCUT2D eigenvalue weighted by molar-refractivity contribution is 0.0601. The van der Waals surface area contributed by atoms with Gasteiger partial charge in [-0.3, -0.25) is 0 Å². The lowest BCUT2D eigenvalue weighted by Crippen LogP contribution is -2.18. The summed E-state index contributed by atoms with van der Waals surface area (Å²) < 4.78 is 10.2. The van der Waals surface area contributed by atoms with E-state index in [0.29, 0.717) is 25.3 Å². The van der Waals surface area contributed by atoms with Gasteiger partial charge >= 0.3 is 5.97 Å². The van der Waals surface area contributed by atoms with Crippen molar-refractivity contribution in [2.45, 2.75) is 6.92 Å². The molecular formula is C14H22N2O3. The smallest absolute Gasteiger partial charge is 0.339 e. The summed E-state index contributed by atoms with van der Waals surface area (Å²) in [6.07, 6.45) is 0. The molecule has 0 amide bonds. The van der Waals surface area contributed by atoms with Gasteiger partial charge in [0.15, 0.2) is 0 Å². The van der Waals surface area contributed by atoms with Crippen LogP contribution in [-0.4, -0.2) is 46.4 Å². The number of esters is 1. The predicted molar refractivity (Wildman–Crippen MR) is 75.8 cm³/mol. The van der Waals surface area contributed by atoms with E-state index in [-0.39, 0.29) is 5.97 Å². The van der Waals surface area contributed by atoms with Crippen molar-refractivity contribution in [3.05, 3.63) is 29.3 Å². The summed E-state index contributed by atoms with van der Waals surface area (Å²) in [5.41, 5.74) is 2.35. The number of rotatable bonds is 8. The molecule has 0 bridgehead atoms. The van der Waals surface area contributed by atoms with Gasteiger partial charge in [-0.15, -0.1) is 0 Å². The number of likely N-dealkylation sites (N-methyl/N-ethyl adjacent to an activating group) is 1. The van der Waals surface area contributed by atoms with Gasteiger partial charge in [-0.2, -0.15) is 0 Å². The summed E-state index contributed by atoms with van der Waals surface area (Å²) >= 11 is 0. The Balaban J connectivity index is 2.50. The van der Waals surface area contributed by atoms with Gasteiger partial charge in [-0.1, -0.05) is 11.6 Å².